The smallest absolute Gasteiger partial charge is 0.426 e. The van der Waals surface area contributed by atoms with Crippen molar-refractivity contribution in [3.8, 4) is 6.07 Å². The molecule has 0 aromatic heterocycles. The van der Waals surface area contributed by atoms with Crippen molar-refractivity contribution >= 4 is 23.7 Å². The highest BCUT2D eigenvalue weighted by Gasteiger charge is 2.15. The first-order valence-electron chi connectivity index (χ1n) is 4.60. The van der Waals surface area contributed by atoms with Gasteiger partial charge in [0.2, 0.25) is 5.71 Å². The third-order valence-electron chi connectivity index (χ3n) is 1.28. The third-order valence-corrected chi connectivity index (χ3v) is 1.28. The number of nitrogens with zero attached hydrogens (tertiary/aromatic N) is 2. The van der Waals surface area contributed by atoms with E-state index in [4.69, 9.17) is 5.26 Å². The number of carbonyl (C=O) groups is 3. The SMILES string of the molecule is CCOC(=O)NNC(=O)NC(=O)/C(C#N)=N/OC. The molecule has 4 amide bonds. The van der Waals surface area contributed by atoms with Crippen molar-refractivity contribution in [1.82, 2.24) is 16.2 Å². The van der Waals surface area contributed by atoms with Gasteiger partial charge >= 0.3 is 12.1 Å². The van der Waals surface area contributed by atoms with Gasteiger partial charge in [-0.05, 0) is 6.92 Å². The second kappa shape index (κ2) is 8.34. The zero-order chi connectivity index (χ0) is 14.0. The van der Waals surface area contributed by atoms with E-state index in [0.29, 0.717) is 0 Å². The van der Waals surface area contributed by atoms with Gasteiger partial charge in [0.15, 0.2) is 0 Å². The number of oxime groups is 1. The summed E-state index contributed by atoms with van der Waals surface area (Å²) in [6.45, 7) is 1.69. The quantitative estimate of drug-likeness (QED) is 0.437. The van der Waals surface area contributed by atoms with Crippen molar-refractivity contribution < 1.29 is 24.0 Å². The maximum absolute atomic E-state index is 11.2. The summed E-state index contributed by atoms with van der Waals surface area (Å²) in [7, 11) is 1.13. The van der Waals surface area contributed by atoms with Crippen LogP contribution in [0.4, 0.5) is 9.59 Å². The molecular weight excluding hydrogens is 246 g/mol. The van der Waals surface area contributed by atoms with Crippen LogP contribution in [0.15, 0.2) is 5.16 Å². The molecule has 0 aliphatic rings. The lowest BCUT2D eigenvalue weighted by atomic mass is 10.4. The van der Waals surface area contributed by atoms with E-state index in [1.54, 1.807) is 12.2 Å². The van der Waals surface area contributed by atoms with Gasteiger partial charge in [-0.3, -0.25) is 10.1 Å². The molecule has 0 saturated heterocycles. The molecule has 18 heavy (non-hydrogen) atoms. The highest BCUT2D eigenvalue weighted by molar-refractivity contribution is 6.46. The number of urea groups is 1. The van der Waals surface area contributed by atoms with Gasteiger partial charge < -0.3 is 9.57 Å². The Morgan fingerprint density at radius 3 is 2.50 bits per heavy atom. The van der Waals surface area contributed by atoms with Gasteiger partial charge in [-0.2, -0.15) is 5.26 Å². The number of nitriles is 1. The highest BCUT2D eigenvalue weighted by Crippen LogP contribution is 1.80. The standard InChI is InChI=1S/C8H11N5O5/c1-3-18-8(16)12-11-7(15)10-6(14)5(4-9)13-17-2/h3H2,1-2H3,(H,12,16)(H2,10,11,14,15)/b13-5+. The topological polar surface area (TPSA) is 142 Å². The first kappa shape index (κ1) is 15.2. The Labute approximate surface area is 102 Å². The highest BCUT2D eigenvalue weighted by atomic mass is 16.6. The van der Waals surface area contributed by atoms with Crippen LogP contribution >= 0.6 is 0 Å². The van der Waals surface area contributed by atoms with E-state index in [9.17, 15) is 14.4 Å². The molecule has 0 fully saturated rings. The van der Waals surface area contributed by atoms with Crippen LogP contribution in [-0.4, -0.2) is 37.5 Å². The van der Waals surface area contributed by atoms with E-state index in [0.717, 1.165) is 7.11 Å². The summed E-state index contributed by atoms with van der Waals surface area (Å²) in [6, 6.07) is 0.351. The Morgan fingerprint density at radius 1 is 1.33 bits per heavy atom. The first-order chi connectivity index (χ1) is 8.54. The van der Waals surface area contributed by atoms with Gasteiger partial charge in [-0.25, -0.2) is 20.4 Å². The molecule has 0 saturated carbocycles. The second-order valence-corrected chi connectivity index (χ2v) is 2.49. The monoisotopic (exact) mass is 257 g/mol. The van der Waals surface area contributed by atoms with E-state index >= 15 is 0 Å². The lowest BCUT2D eigenvalue weighted by Gasteiger charge is -2.06. The minimum absolute atomic E-state index is 0.118. The van der Waals surface area contributed by atoms with Gasteiger partial charge in [0.25, 0.3) is 5.91 Å². The summed E-state index contributed by atoms with van der Waals surface area (Å²) in [6.07, 6.45) is -0.897. The molecule has 0 radical (unpaired) electrons. The van der Waals surface area contributed by atoms with Gasteiger partial charge in [0.05, 0.1) is 6.61 Å². The molecule has 0 spiro atoms. The van der Waals surface area contributed by atoms with Gasteiger partial charge in [0, 0.05) is 0 Å². The Bertz CT molecular complexity index is 399. The van der Waals surface area contributed by atoms with E-state index in [1.165, 1.54) is 6.07 Å². The molecule has 0 heterocycles. The Balaban J connectivity index is 4.17. The van der Waals surface area contributed by atoms with E-state index in [1.807, 2.05) is 10.9 Å². The molecule has 0 aliphatic carbocycles. The number of hydrazine groups is 1. The number of hydrogen-bond acceptors (Lipinski definition) is 7. The van der Waals surface area contributed by atoms with Crippen molar-refractivity contribution in [2.45, 2.75) is 6.92 Å². The van der Waals surface area contributed by atoms with Crippen LogP contribution < -0.4 is 16.2 Å². The zero-order valence-electron chi connectivity index (χ0n) is 9.64. The van der Waals surface area contributed by atoms with Crippen molar-refractivity contribution in [2.24, 2.45) is 5.16 Å². The van der Waals surface area contributed by atoms with Crippen molar-refractivity contribution in [3.05, 3.63) is 0 Å². The number of rotatable bonds is 3. The molecule has 10 nitrogen and oxygen atoms in total. The molecule has 0 unspecified atom stereocenters. The number of imide groups is 1. The molecule has 0 aromatic carbocycles. The summed E-state index contributed by atoms with van der Waals surface area (Å²) in [5.41, 5.74) is 3.02. The average molecular weight is 257 g/mol. The van der Waals surface area contributed by atoms with Crippen LogP contribution in [0, 0.1) is 11.3 Å². The summed E-state index contributed by atoms with van der Waals surface area (Å²) in [5, 5.41) is 13.3. The summed E-state index contributed by atoms with van der Waals surface area (Å²) in [4.78, 5) is 37.2. The van der Waals surface area contributed by atoms with E-state index in [-0.39, 0.29) is 6.61 Å². The maximum Gasteiger partial charge on any atom is 0.426 e. The number of amides is 4. The van der Waals surface area contributed by atoms with Crippen LogP contribution in [0.3, 0.4) is 0 Å². The molecule has 3 N–H and O–H groups in total. The summed E-state index contributed by atoms with van der Waals surface area (Å²) in [5.74, 6) is -1.08. The van der Waals surface area contributed by atoms with Crippen molar-refractivity contribution in [2.75, 3.05) is 13.7 Å². The number of carbonyl (C=O) groups excluding carboxylic acids is 3. The fourth-order valence-corrected chi connectivity index (χ4v) is 0.672. The maximum atomic E-state index is 11.2. The van der Waals surface area contributed by atoms with Crippen LogP contribution in [0.1, 0.15) is 6.92 Å². The molecule has 0 atom stereocenters. The van der Waals surface area contributed by atoms with Crippen molar-refractivity contribution in [3.63, 3.8) is 0 Å². The lowest BCUT2D eigenvalue weighted by Crippen LogP contribution is -2.50. The van der Waals surface area contributed by atoms with E-state index < -0.39 is 23.7 Å². The Hall–Kier alpha value is -2.83. The normalized spacial score (nSPS) is 9.72. The molecule has 0 rings (SSSR count). The number of nitrogens with one attached hydrogen (secondary N) is 3. The predicted molar refractivity (Wildman–Crippen MR) is 56.9 cm³/mol. The third kappa shape index (κ3) is 5.91. The molecular formula is C8H11N5O5. The molecule has 0 aliphatic heterocycles. The second-order valence-electron chi connectivity index (χ2n) is 2.49. The van der Waals surface area contributed by atoms with Crippen LogP contribution in [-0.2, 0) is 14.4 Å². The first-order valence-corrected chi connectivity index (χ1v) is 4.60. The zero-order valence-corrected chi connectivity index (χ0v) is 9.64. The van der Waals surface area contributed by atoms with E-state index in [2.05, 4.69) is 14.7 Å². The van der Waals surface area contributed by atoms with Gasteiger partial charge in [-0.1, -0.05) is 5.16 Å². The Morgan fingerprint density at radius 2 is 2.00 bits per heavy atom. The van der Waals surface area contributed by atoms with Gasteiger partial charge in [0.1, 0.15) is 13.2 Å². The van der Waals surface area contributed by atoms with Crippen LogP contribution in [0.25, 0.3) is 0 Å². The minimum Gasteiger partial charge on any atom is -0.449 e. The lowest BCUT2D eigenvalue weighted by molar-refractivity contribution is -0.113. The van der Waals surface area contributed by atoms with Crippen LogP contribution in [0.2, 0.25) is 0 Å². The summed E-state index contributed by atoms with van der Waals surface area (Å²) < 4.78 is 4.43. The van der Waals surface area contributed by atoms with Crippen LogP contribution in [0.5, 0.6) is 0 Å². The minimum atomic E-state index is -1.08. The molecule has 0 aromatic rings. The van der Waals surface area contributed by atoms with Gasteiger partial charge in [-0.15, -0.1) is 0 Å². The average Bonchev–Trinajstić information content (AvgIpc) is 2.33. The number of ether oxygens (including phenoxy) is 1. The molecule has 0 bridgehead atoms. The predicted octanol–water partition coefficient (Wildman–Crippen LogP) is -1.00. The Kier molecular flexibility index (Phi) is 7.03. The number of hydrogen-bond donors (Lipinski definition) is 3. The fourth-order valence-electron chi connectivity index (χ4n) is 0.672. The summed E-state index contributed by atoms with van der Waals surface area (Å²) >= 11 is 0. The molecule has 10 heteroatoms. The largest absolute Gasteiger partial charge is 0.449 e. The molecule has 98 valence electrons. The fraction of sp³-hybridized carbons (Fsp3) is 0.375. The van der Waals surface area contributed by atoms with Crippen molar-refractivity contribution in [1.29, 1.82) is 5.26 Å².